The van der Waals surface area contributed by atoms with Gasteiger partial charge in [-0.2, -0.15) is 4.98 Å². The standard InChI is InChI=1S/C17H21ClN4/c1-12-6-7-14(18)11-15(12)20-16-10-13(2)19-17(21-16)22-8-4-3-5-9-22/h6-7,10-11H,3-5,8-9H2,1-2H3,(H,19,20,21). The Hall–Kier alpha value is -1.81. The Morgan fingerprint density at radius 2 is 1.82 bits per heavy atom. The second-order valence-electron chi connectivity index (χ2n) is 5.83. The number of halogens is 1. The van der Waals surface area contributed by atoms with Gasteiger partial charge in [0.1, 0.15) is 5.82 Å². The van der Waals surface area contributed by atoms with Crippen molar-refractivity contribution in [3.63, 3.8) is 0 Å². The van der Waals surface area contributed by atoms with Gasteiger partial charge in [-0.25, -0.2) is 4.98 Å². The van der Waals surface area contributed by atoms with Crippen LogP contribution < -0.4 is 10.2 Å². The molecular weight excluding hydrogens is 296 g/mol. The first kappa shape index (κ1) is 15.1. The van der Waals surface area contributed by atoms with E-state index < -0.39 is 0 Å². The topological polar surface area (TPSA) is 41.1 Å². The Labute approximate surface area is 136 Å². The molecule has 0 aliphatic carbocycles. The summed E-state index contributed by atoms with van der Waals surface area (Å²) in [6.45, 7) is 6.14. The maximum Gasteiger partial charge on any atom is 0.227 e. The Morgan fingerprint density at radius 3 is 2.59 bits per heavy atom. The van der Waals surface area contributed by atoms with Gasteiger partial charge in [-0.15, -0.1) is 0 Å². The molecule has 1 aliphatic heterocycles. The number of nitrogens with zero attached hydrogens (tertiary/aromatic N) is 3. The first-order valence-electron chi connectivity index (χ1n) is 7.75. The van der Waals surface area contributed by atoms with Gasteiger partial charge in [-0.3, -0.25) is 0 Å². The second-order valence-corrected chi connectivity index (χ2v) is 6.26. The molecule has 3 rings (SSSR count). The fraction of sp³-hybridized carbons (Fsp3) is 0.412. The van der Waals surface area contributed by atoms with Crippen LogP contribution in [0.3, 0.4) is 0 Å². The normalized spacial score (nSPS) is 15.0. The lowest BCUT2D eigenvalue weighted by molar-refractivity contribution is 0.568. The molecule has 1 saturated heterocycles. The molecule has 22 heavy (non-hydrogen) atoms. The number of aryl methyl sites for hydroxylation is 2. The smallest absolute Gasteiger partial charge is 0.227 e. The van der Waals surface area contributed by atoms with Crippen molar-refractivity contribution in [2.45, 2.75) is 33.1 Å². The minimum absolute atomic E-state index is 0.718. The van der Waals surface area contributed by atoms with E-state index in [4.69, 9.17) is 11.6 Å². The van der Waals surface area contributed by atoms with Crippen LogP contribution in [0.4, 0.5) is 17.5 Å². The Morgan fingerprint density at radius 1 is 1.05 bits per heavy atom. The van der Waals surface area contributed by atoms with Crippen LogP contribution in [0, 0.1) is 13.8 Å². The maximum atomic E-state index is 6.09. The largest absolute Gasteiger partial charge is 0.341 e. The molecule has 1 aromatic carbocycles. The van der Waals surface area contributed by atoms with Crippen LogP contribution in [0.2, 0.25) is 5.02 Å². The van der Waals surface area contributed by atoms with E-state index in [-0.39, 0.29) is 0 Å². The van der Waals surface area contributed by atoms with Crippen molar-refractivity contribution in [3.05, 3.63) is 40.5 Å². The van der Waals surface area contributed by atoms with Gasteiger partial charge in [-0.1, -0.05) is 17.7 Å². The molecule has 0 amide bonds. The van der Waals surface area contributed by atoms with E-state index in [1.807, 2.05) is 31.2 Å². The van der Waals surface area contributed by atoms with E-state index >= 15 is 0 Å². The van der Waals surface area contributed by atoms with E-state index in [1.165, 1.54) is 19.3 Å². The van der Waals surface area contributed by atoms with Crippen molar-refractivity contribution < 1.29 is 0 Å². The van der Waals surface area contributed by atoms with E-state index in [0.717, 1.165) is 46.8 Å². The molecule has 1 N–H and O–H groups in total. The molecule has 1 aromatic heterocycles. The number of hydrogen-bond acceptors (Lipinski definition) is 4. The summed E-state index contributed by atoms with van der Waals surface area (Å²) in [5.41, 5.74) is 3.09. The van der Waals surface area contributed by atoms with Crippen LogP contribution in [0.1, 0.15) is 30.5 Å². The van der Waals surface area contributed by atoms with Gasteiger partial charge in [0.15, 0.2) is 0 Å². The van der Waals surface area contributed by atoms with Crippen LogP contribution in [-0.4, -0.2) is 23.1 Å². The van der Waals surface area contributed by atoms with Gasteiger partial charge in [0, 0.05) is 35.6 Å². The lowest BCUT2D eigenvalue weighted by atomic mass is 10.1. The minimum atomic E-state index is 0.718. The van der Waals surface area contributed by atoms with Crippen LogP contribution in [-0.2, 0) is 0 Å². The number of hydrogen-bond donors (Lipinski definition) is 1. The highest BCUT2D eigenvalue weighted by Gasteiger charge is 2.15. The zero-order chi connectivity index (χ0) is 15.5. The fourth-order valence-electron chi connectivity index (χ4n) is 2.72. The van der Waals surface area contributed by atoms with Gasteiger partial charge in [0.25, 0.3) is 0 Å². The van der Waals surface area contributed by atoms with Crippen LogP contribution in [0.25, 0.3) is 0 Å². The summed E-state index contributed by atoms with van der Waals surface area (Å²) >= 11 is 6.09. The number of nitrogens with one attached hydrogen (secondary N) is 1. The fourth-order valence-corrected chi connectivity index (χ4v) is 2.89. The second kappa shape index (κ2) is 6.53. The van der Waals surface area contributed by atoms with Crippen molar-refractivity contribution in [2.75, 3.05) is 23.3 Å². The van der Waals surface area contributed by atoms with Crippen LogP contribution in [0.15, 0.2) is 24.3 Å². The number of aromatic nitrogens is 2. The molecule has 0 bridgehead atoms. The highest BCUT2D eigenvalue weighted by Crippen LogP contribution is 2.25. The molecule has 5 heteroatoms. The number of benzene rings is 1. The summed E-state index contributed by atoms with van der Waals surface area (Å²) in [5.74, 6) is 1.64. The van der Waals surface area contributed by atoms with Crippen molar-refractivity contribution in [3.8, 4) is 0 Å². The average molecular weight is 317 g/mol. The van der Waals surface area contributed by atoms with Crippen LogP contribution >= 0.6 is 11.6 Å². The summed E-state index contributed by atoms with van der Waals surface area (Å²) in [6.07, 6.45) is 3.73. The van der Waals surface area contributed by atoms with E-state index in [9.17, 15) is 0 Å². The van der Waals surface area contributed by atoms with E-state index in [2.05, 4.69) is 27.1 Å². The molecular formula is C17H21ClN4. The van der Waals surface area contributed by atoms with Crippen molar-refractivity contribution in [2.24, 2.45) is 0 Å². The quantitative estimate of drug-likeness (QED) is 0.906. The van der Waals surface area contributed by atoms with Gasteiger partial charge in [0.2, 0.25) is 5.95 Å². The first-order valence-corrected chi connectivity index (χ1v) is 8.13. The highest BCUT2D eigenvalue weighted by atomic mass is 35.5. The number of anilines is 3. The lowest BCUT2D eigenvalue weighted by Crippen LogP contribution is -2.31. The van der Waals surface area contributed by atoms with E-state index in [0.29, 0.717) is 0 Å². The predicted octanol–water partition coefficient (Wildman–Crippen LogP) is 4.48. The molecule has 0 atom stereocenters. The third kappa shape index (κ3) is 3.50. The van der Waals surface area contributed by atoms with Gasteiger partial charge in [-0.05, 0) is 50.8 Å². The third-order valence-corrected chi connectivity index (χ3v) is 4.18. The first-order chi connectivity index (χ1) is 10.6. The molecule has 0 unspecified atom stereocenters. The van der Waals surface area contributed by atoms with Crippen molar-refractivity contribution >= 4 is 29.1 Å². The SMILES string of the molecule is Cc1cc(Nc2cc(Cl)ccc2C)nc(N2CCCCC2)n1. The lowest BCUT2D eigenvalue weighted by Gasteiger charge is -2.27. The molecule has 2 aromatic rings. The summed E-state index contributed by atoms with van der Waals surface area (Å²) in [6, 6.07) is 7.79. The predicted molar refractivity (Wildman–Crippen MR) is 92.3 cm³/mol. The summed E-state index contributed by atoms with van der Waals surface area (Å²) < 4.78 is 0. The van der Waals surface area contributed by atoms with Gasteiger partial charge < -0.3 is 10.2 Å². The van der Waals surface area contributed by atoms with Gasteiger partial charge in [0.05, 0.1) is 0 Å². The third-order valence-electron chi connectivity index (χ3n) is 3.94. The molecule has 0 spiro atoms. The van der Waals surface area contributed by atoms with Crippen LogP contribution in [0.5, 0.6) is 0 Å². The summed E-state index contributed by atoms with van der Waals surface area (Å²) in [5, 5.41) is 4.09. The maximum absolute atomic E-state index is 6.09. The monoisotopic (exact) mass is 316 g/mol. The molecule has 2 heterocycles. The zero-order valence-electron chi connectivity index (χ0n) is 13.1. The molecule has 116 valence electrons. The van der Waals surface area contributed by atoms with Crippen molar-refractivity contribution in [1.29, 1.82) is 0 Å². The molecule has 0 radical (unpaired) electrons. The highest BCUT2D eigenvalue weighted by molar-refractivity contribution is 6.30. The Kier molecular flexibility index (Phi) is 4.48. The molecule has 0 saturated carbocycles. The Balaban J connectivity index is 1.87. The summed E-state index contributed by atoms with van der Waals surface area (Å²) in [7, 11) is 0. The van der Waals surface area contributed by atoms with E-state index in [1.54, 1.807) is 0 Å². The number of rotatable bonds is 3. The molecule has 4 nitrogen and oxygen atoms in total. The molecule has 1 fully saturated rings. The minimum Gasteiger partial charge on any atom is -0.341 e. The zero-order valence-corrected chi connectivity index (χ0v) is 13.8. The summed E-state index contributed by atoms with van der Waals surface area (Å²) in [4.78, 5) is 11.5. The molecule has 1 aliphatic rings. The van der Waals surface area contributed by atoms with Crippen molar-refractivity contribution in [1.82, 2.24) is 9.97 Å². The average Bonchev–Trinajstić information content (AvgIpc) is 2.51. The Bertz CT molecular complexity index is 666. The number of piperidine rings is 1. The van der Waals surface area contributed by atoms with Gasteiger partial charge >= 0.3 is 0 Å².